The van der Waals surface area contributed by atoms with E-state index in [2.05, 4.69) is 20.5 Å². The molecule has 0 atom stereocenters. The van der Waals surface area contributed by atoms with Crippen LogP contribution in [0.2, 0.25) is 0 Å². The Bertz CT molecular complexity index is 1020. The number of hydrazone groups is 1. The van der Waals surface area contributed by atoms with Crippen molar-refractivity contribution in [2.45, 2.75) is 13.8 Å². The lowest BCUT2D eigenvalue weighted by molar-refractivity contribution is 0.0952. The maximum absolute atomic E-state index is 12.4. The van der Waals surface area contributed by atoms with Gasteiger partial charge in [-0.15, -0.1) is 0 Å². The molecule has 3 rings (SSSR count). The number of nitrogens with two attached hydrogens (primary N) is 1. The molecule has 0 aliphatic rings. The lowest BCUT2D eigenvalue weighted by atomic mass is 10.1. The number of para-hydroxylation sites is 1. The minimum Gasteiger partial charge on any atom is -0.361 e. The number of hydrogen-bond acceptors (Lipinski definition) is 5. The number of nitrogen functional groups attached to an aromatic ring is 1. The van der Waals surface area contributed by atoms with Crippen molar-refractivity contribution in [2.24, 2.45) is 10.9 Å². The number of pyridine rings is 1. The minimum atomic E-state index is -0.508. The Morgan fingerprint density at radius 3 is 2.58 bits per heavy atom. The largest absolute Gasteiger partial charge is 0.361 e. The molecule has 0 spiro atoms. The van der Waals surface area contributed by atoms with Crippen molar-refractivity contribution in [3.63, 3.8) is 0 Å². The highest BCUT2D eigenvalue weighted by Gasteiger charge is 2.16. The predicted octanol–water partition coefficient (Wildman–Crippen LogP) is 1.55. The van der Waals surface area contributed by atoms with Crippen LogP contribution in [0.3, 0.4) is 0 Å². The van der Waals surface area contributed by atoms with Crippen LogP contribution in [0.5, 0.6) is 0 Å². The molecular weight excluding hydrogens is 332 g/mol. The van der Waals surface area contributed by atoms with Gasteiger partial charge in [-0.3, -0.25) is 20.0 Å². The summed E-state index contributed by atoms with van der Waals surface area (Å²) in [5.41, 5.74) is 7.82. The molecule has 0 bridgehead atoms. The normalized spacial score (nSPS) is 11.0. The van der Waals surface area contributed by atoms with Crippen molar-refractivity contribution in [3.8, 4) is 0 Å². The SMILES string of the molecule is Cc1nc(C)c(C(=O)N/N=C/c2c[nH]c3ccccc23)cc1C(=O)NN. The van der Waals surface area contributed by atoms with Gasteiger partial charge in [-0.2, -0.15) is 5.10 Å². The molecule has 132 valence electrons. The average molecular weight is 350 g/mol. The molecule has 0 fully saturated rings. The Balaban J connectivity index is 1.81. The number of benzene rings is 1. The third-order valence-electron chi connectivity index (χ3n) is 4.01. The molecule has 26 heavy (non-hydrogen) atoms. The summed E-state index contributed by atoms with van der Waals surface area (Å²) in [6, 6.07) is 9.23. The first kappa shape index (κ1) is 17.3. The number of nitrogens with zero attached hydrogens (tertiary/aromatic N) is 2. The molecule has 2 amide bonds. The number of hydrogen-bond donors (Lipinski definition) is 4. The topological polar surface area (TPSA) is 125 Å². The van der Waals surface area contributed by atoms with E-state index in [4.69, 9.17) is 5.84 Å². The molecule has 8 heteroatoms. The molecule has 0 unspecified atom stereocenters. The Kier molecular flexibility index (Phi) is 4.76. The summed E-state index contributed by atoms with van der Waals surface area (Å²) in [6.45, 7) is 3.36. The van der Waals surface area contributed by atoms with E-state index in [1.165, 1.54) is 6.07 Å². The number of fused-ring (bicyclic) bond motifs is 1. The molecule has 8 nitrogen and oxygen atoms in total. The van der Waals surface area contributed by atoms with Gasteiger partial charge < -0.3 is 4.98 Å². The molecule has 0 aliphatic heterocycles. The summed E-state index contributed by atoms with van der Waals surface area (Å²) in [7, 11) is 0. The smallest absolute Gasteiger partial charge is 0.273 e. The summed E-state index contributed by atoms with van der Waals surface area (Å²) in [5, 5.41) is 5.00. The maximum atomic E-state index is 12.4. The number of carbonyl (C=O) groups excluding carboxylic acids is 2. The second-order valence-electron chi connectivity index (χ2n) is 5.72. The molecule has 0 radical (unpaired) electrons. The maximum Gasteiger partial charge on any atom is 0.273 e. The number of rotatable bonds is 4. The van der Waals surface area contributed by atoms with Crippen LogP contribution < -0.4 is 16.7 Å². The number of amides is 2. The first-order valence-electron chi connectivity index (χ1n) is 7.90. The third kappa shape index (κ3) is 3.31. The third-order valence-corrected chi connectivity index (χ3v) is 4.01. The van der Waals surface area contributed by atoms with Gasteiger partial charge in [0.2, 0.25) is 0 Å². The standard InChI is InChI=1S/C18H18N6O2/c1-10-14(17(25)23-19)7-15(11(2)22-10)18(26)24-21-9-12-8-20-16-6-4-3-5-13(12)16/h3-9,20H,19H2,1-2H3,(H,23,25)(H,24,26)/b21-9+. The van der Waals surface area contributed by atoms with Gasteiger partial charge in [-0.1, -0.05) is 18.2 Å². The van der Waals surface area contributed by atoms with E-state index in [9.17, 15) is 9.59 Å². The fraction of sp³-hybridized carbons (Fsp3) is 0.111. The van der Waals surface area contributed by atoms with E-state index in [-0.39, 0.29) is 11.1 Å². The quantitative estimate of drug-likeness (QED) is 0.246. The number of aromatic nitrogens is 2. The van der Waals surface area contributed by atoms with E-state index in [1.807, 2.05) is 35.9 Å². The van der Waals surface area contributed by atoms with E-state index in [0.29, 0.717) is 11.4 Å². The lowest BCUT2D eigenvalue weighted by Crippen LogP contribution is -2.31. The molecule has 2 aromatic heterocycles. The van der Waals surface area contributed by atoms with Gasteiger partial charge >= 0.3 is 0 Å². The lowest BCUT2D eigenvalue weighted by Gasteiger charge is -2.09. The number of hydrazine groups is 1. The molecule has 2 heterocycles. The van der Waals surface area contributed by atoms with Crippen LogP contribution in [0.15, 0.2) is 41.6 Å². The number of aryl methyl sites for hydroxylation is 2. The van der Waals surface area contributed by atoms with E-state index in [1.54, 1.807) is 20.1 Å². The number of nitrogens with one attached hydrogen (secondary N) is 3. The van der Waals surface area contributed by atoms with E-state index >= 15 is 0 Å². The molecule has 5 N–H and O–H groups in total. The first-order valence-corrected chi connectivity index (χ1v) is 7.90. The minimum absolute atomic E-state index is 0.240. The monoisotopic (exact) mass is 350 g/mol. The van der Waals surface area contributed by atoms with Crippen LogP contribution in [-0.2, 0) is 0 Å². The van der Waals surface area contributed by atoms with E-state index < -0.39 is 11.8 Å². The Morgan fingerprint density at radius 2 is 1.85 bits per heavy atom. The number of aromatic amines is 1. The van der Waals surface area contributed by atoms with Crippen molar-refractivity contribution in [1.82, 2.24) is 20.8 Å². The zero-order chi connectivity index (χ0) is 18.7. The van der Waals surface area contributed by atoms with Gasteiger partial charge in [0, 0.05) is 22.7 Å². The molecule has 3 aromatic rings. The first-order chi connectivity index (χ1) is 12.5. The molecular formula is C18H18N6O2. The fourth-order valence-electron chi connectivity index (χ4n) is 2.68. The van der Waals surface area contributed by atoms with Gasteiger partial charge in [0.1, 0.15) is 0 Å². The summed E-state index contributed by atoms with van der Waals surface area (Å²) in [6.07, 6.45) is 3.36. The van der Waals surface area contributed by atoms with Crippen LogP contribution in [0.4, 0.5) is 0 Å². The highest BCUT2D eigenvalue weighted by atomic mass is 16.2. The van der Waals surface area contributed by atoms with Gasteiger partial charge in [0.05, 0.1) is 28.7 Å². The summed E-state index contributed by atoms with van der Waals surface area (Å²) < 4.78 is 0. The van der Waals surface area contributed by atoms with Crippen molar-refractivity contribution in [3.05, 3.63) is 64.6 Å². The van der Waals surface area contributed by atoms with Crippen molar-refractivity contribution < 1.29 is 9.59 Å². The van der Waals surface area contributed by atoms with Crippen LogP contribution >= 0.6 is 0 Å². The highest BCUT2D eigenvalue weighted by molar-refractivity contribution is 6.02. The second kappa shape index (κ2) is 7.16. The Labute approximate surface area is 149 Å². The molecule has 0 saturated heterocycles. The van der Waals surface area contributed by atoms with Crippen LogP contribution in [-0.4, -0.2) is 28.0 Å². The fourth-order valence-corrected chi connectivity index (χ4v) is 2.68. The molecule has 1 aromatic carbocycles. The zero-order valence-corrected chi connectivity index (χ0v) is 14.3. The summed E-state index contributed by atoms with van der Waals surface area (Å²) >= 11 is 0. The van der Waals surface area contributed by atoms with Gasteiger partial charge in [-0.05, 0) is 26.0 Å². The number of carbonyl (C=O) groups is 2. The Hall–Kier alpha value is -3.52. The average Bonchev–Trinajstić information content (AvgIpc) is 3.04. The van der Waals surface area contributed by atoms with Gasteiger partial charge in [0.25, 0.3) is 11.8 Å². The van der Waals surface area contributed by atoms with Gasteiger partial charge in [0.15, 0.2) is 0 Å². The van der Waals surface area contributed by atoms with Crippen LogP contribution in [0, 0.1) is 13.8 Å². The van der Waals surface area contributed by atoms with Crippen LogP contribution in [0.25, 0.3) is 10.9 Å². The van der Waals surface area contributed by atoms with Crippen molar-refractivity contribution in [2.75, 3.05) is 0 Å². The Morgan fingerprint density at radius 1 is 1.15 bits per heavy atom. The zero-order valence-electron chi connectivity index (χ0n) is 14.3. The number of H-pyrrole nitrogens is 1. The predicted molar refractivity (Wildman–Crippen MR) is 98.7 cm³/mol. The molecule has 0 aliphatic carbocycles. The van der Waals surface area contributed by atoms with Crippen molar-refractivity contribution >= 4 is 28.9 Å². The van der Waals surface area contributed by atoms with E-state index in [0.717, 1.165) is 16.5 Å². The highest BCUT2D eigenvalue weighted by Crippen LogP contribution is 2.16. The summed E-state index contributed by atoms with van der Waals surface area (Å²) in [4.78, 5) is 31.5. The summed E-state index contributed by atoms with van der Waals surface area (Å²) in [5.74, 6) is 4.19. The van der Waals surface area contributed by atoms with Gasteiger partial charge in [-0.25, -0.2) is 11.3 Å². The van der Waals surface area contributed by atoms with Crippen LogP contribution in [0.1, 0.15) is 37.7 Å². The second-order valence-corrected chi connectivity index (χ2v) is 5.72. The van der Waals surface area contributed by atoms with Crippen molar-refractivity contribution in [1.29, 1.82) is 0 Å². The molecule has 0 saturated carbocycles.